The number of fused-ring (bicyclic) bond motifs is 5. The molecule has 11 nitrogen and oxygen atoms in total. The van der Waals surface area contributed by atoms with E-state index in [1.54, 1.807) is 13.8 Å². The minimum atomic E-state index is -1.56. The van der Waals surface area contributed by atoms with Gasteiger partial charge in [0, 0.05) is 6.42 Å². The molecule has 6 aliphatic rings. The normalized spacial score (nSPS) is 57.7. The third kappa shape index (κ3) is 5.15. The fourth-order valence-electron chi connectivity index (χ4n) is 12.8. The molecular formula is C36H62O11. The lowest BCUT2D eigenvalue weighted by Crippen LogP contribution is -2.71. The van der Waals surface area contributed by atoms with E-state index in [0.717, 1.165) is 19.3 Å². The van der Waals surface area contributed by atoms with Gasteiger partial charge < -0.3 is 55.1 Å². The minimum Gasteiger partial charge on any atom is -0.394 e. The second-order valence-corrected chi connectivity index (χ2v) is 18.6. The summed E-state index contributed by atoms with van der Waals surface area (Å²) in [6, 6.07) is 0. The maximum Gasteiger partial charge on any atom is 0.186 e. The van der Waals surface area contributed by atoms with Crippen molar-refractivity contribution >= 4 is 0 Å². The van der Waals surface area contributed by atoms with E-state index in [2.05, 4.69) is 34.6 Å². The summed E-state index contributed by atoms with van der Waals surface area (Å²) in [4.78, 5) is 0. The van der Waals surface area contributed by atoms with E-state index in [-0.39, 0.29) is 39.9 Å². The van der Waals surface area contributed by atoms with Gasteiger partial charge in [-0.1, -0.05) is 34.6 Å². The number of ether oxygens (including phenoxy) is 3. The molecule has 8 N–H and O–H groups in total. The maximum absolute atomic E-state index is 12.2. The lowest BCUT2D eigenvalue weighted by atomic mass is 9.34. The molecule has 4 aliphatic carbocycles. The van der Waals surface area contributed by atoms with Crippen molar-refractivity contribution in [1.29, 1.82) is 0 Å². The Hall–Kier alpha value is -0.440. The molecule has 18 unspecified atom stereocenters. The van der Waals surface area contributed by atoms with Crippen LogP contribution in [0, 0.1) is 45.3 Å². The molecule has 2 saturated heterocycles. The van der Waals surface area contributed by atoms with E-state index < -0.39 is 84.4 Å². The molecule has 6 fully saturated rings. The molecule has 0 amide bonds. The summed E-state index contributed by atoms with van der Waals surface area (Å²) >= 11 is 0. The third-order valence-electron chi connectivity index (χ3n) is 15.2. The molecule has 0 aromatic heterocycles. The molecule has 0 bridgehead atoms. The molecule has 11 heteroatoms. The molecule has 0 radical (unpaired) electrons. The summed E-state index contributed by atoms with van der Waals surface area (Å²) in [7, 11) is 0. The van der Waals surface area contributed by atoms with E-state index in [0.29, 0.717) is 25.7 Å². The number of hydrogen-bond acceptors (Lipinski definition) is 11. The van der Waals surface area contributed by atoms with Crippen molar-refractivity contribution < 1.29 is 55.1 Å². The second kappa shape index (κ2) is 11.5. The van der Waals surface area contributed by atoms with Crippen LogP contribution >= 0.6 is 0 Å². The molecule has 47 heavy (non-hydrogen) atoms. The van der Waals surface area contributed by atoms with Crippen molar-refractivity contribution in [3.05, 3.63) is 0 Å². The highest BCUT2D eigenvalue weighted by Crippen LogP contribution is 2.76. The number of hydrogen-bond donors (Lipinski definition) is 8. The highest BCUT2D eigenvalue weighted by atomic mass is 16.7. The van der Waals surface area contributed by atoms with E-state index in [9.17, 15) is 40.9 Å². The van der Waals surface area contributed by atoms with Gasteiger partial charge in [0.15, 0.2) is 6.29 Å². The molecule has 2 heterocycles. The van der Waals surface area contributed by atoms with Crippen molar-refractivity contribution in [2.75, 3.05) is 6.61 Å². The molecule has 0 spiro atoms. The maximum atomic E-state index is 12.2. The number of aliphatic hydroxyl groups excluding tert-OH is 7. The van der Waals surface area contributed by atoms with Crippen LogP contribution in [0.5, 0.6) is 0 Å². The average molecular weight is 671 g/mol. The fourth-order valence-corrected chi connectivity index (χ4v) is 12.8. The molecular weight excluding hydrogens is 608 g/mol. The first-order chi connectivity index (χ1) is 21.6. The van der Waals surface area contributed by atoms with E-state index >= 15 is 0 Å². The minimum absolute atomic E-state index is 0.0535. The summed E-state index contributed by atoms with van der Waals surface area (Å²) in [6.45, 7) is 15.8. The zero-order valence-electron chi connectivity index (χ0n) is 29.5. The predicted molar refractivity (Wildman–Crippen MR) is 171 cm³/mol. The fraction of sp³-hybridized carbons (Fsp3) is 1.00. The first-order valence-corrected chi connectivity index (χ1v) is 18.0. The van der Waals surface area contributed by atoms with Gasteiger partial charge >= 0.3 is 0 Å². The van der Waals surface area contributed by atoms with Crippen LogP contribution in [0.2, 0.25) is 0 Å². The van der Waals surface area contributed by atoms with Crippen molar-refractivity contribution in [2.24, 2.45) is 45.3 Å². The van der Waals surface area contributed by atoms with E-state index in [1.165, 1.54) is 0 Å². The number of aliphatic hydroxyl groups is 8. The van der Waals surface area contributed by atoms with Gasteiger partial charge in [-0.25, -0.2) is 0 Å². The first kappa shape index (κ1) is 36.4. The Kier molecular flexibility index (Phi) is 8.92. The van der Waals surface area contributed by atoms with Crippen molar-refractivity contribution in [2.45, 2.75) is 173 Å². The largest absolute Gasteiger partial charge is 0.394 e. The van der Waals surface area contributed by atoms with Crippen LogP contribution in [-0.2, 0) is 14.2 Å². The highest BCUT2D eigenvalue weighted by Gasteiger charge is 2.74. The Bertz CT molecular complexity index is 1170. The van der Waals surface area contributed by atoms with Crippen LogP contribution < -0.4 is 0 Å². The van der Waals surface area contributed by atoms with Gasteiger partial charge in [-0.3, -0.25) is 0 Å². The number of rotatable bonds is 5. The van der Waals surface area contributed by atoms with E-state index in [4.69, 9.17) is 14.2 Å². The second-order valence-electron chi connectivity index (χ2n) is 18.6. The molecule has 2 aliphatic heterocycles. The van der Waals surface area contributed by atoms with Crippen molar-refractivity contribution in [1.82, 2.24) is 0 Å². The Morgan fingerprint density at radius 1 is 0.809 bits per heavy atom. The summed E-state index contributed by atoms with van der Waals surface area (Å²) in [5.74, 6) is -0.297. The van der Waals surface area contributed by atoms with Crippen LogP contribution in [0.25, 0.3) is 0 Å². The Morgan fingerprint density at radius 2 is 1.47 bits per heavy atom. The van der Waals surface area contributed by atoms with Crippen LogP contribution in [-0.4, -0.2) is 120 Å². The summed E-state index contributed by atoms with van der Waals surface area (Å²) in [5.41, 5.74) is -3.63. The summed E-state index contributed by atoms with van der Waals surface area (Å²) in [6.07, 6.45) is -5.79. The van der Waals surface area contributed by atoms with Crippen LogP contribution in [0.15, 0.2) is 0 Å². The van der Waals surface area contributed by atoms with Gasteiger partial charge in [0.05, 0.1) is 42.2 Å². The topological polar surface area (TPSA) is 190 Å². The predicted octanol–water partition coefficient (Wildman–Crippen LogP) is 1.48. The lowest BCUT2D eigenvalue weighted by Gasteiger charge is -2.72. The van der Waals surface area contributed by atoms with Crippen molar-refractivity contribution in [3.8, 4) is 0 Å². The van der Waals surface area contributed by atoms with Crippen molar-refractivity contribution in [3.63, 3.8) is 0 Å². The van der Waals surface area contributed by atoms with Gasteiger partial charge in [0.1, 0.15) is 30.5 Å². The molecule has 0 aromatic carbocycles. The third-order valence-corrected chi connectivity index (χ3v) is 15.2. The van der Waals surface area contributed by atoms with Crippen LogP contribution in [0.1, 0.15) is 100 Å². The van der Waals surface area contributed by atoms with E-state index in [1.807, 2.05) is 6.92 Å². The van der Waals surface area contributed by atoms with Gasteiger partial charge in [-0.2, -0.15) is 0 Å². The zero-order valence-corrected chi connectivity index (χ0v) is 29.5. The van der Waals surface area contributed by atoms with Gasteiger partial charge in [0.25, 0.3) is 0 Å². The smallest absolute Gasteiger partial charge is 0.186 e. The average Bonchev–Trinajstić information content (AvgIpc) is 3.51. The quantitative estimate of drug-likeness (QED) is 0.198. The molecule has 272 valence electrons. The Morgan fingerprint density at radius 3 is 2.06 bits per heavy atom. The monoisotopic (exact) mass is 670 g/mol. The first-order valence-electron chi connectivity index (χ1n) is 18.0. The highest BCUT2D eigenvalue weighted by molar-refractivity contribution is 5.22. The molecule has 18 atom stereocenters. The molecule has 0 aromatic rings. The lowest BCUT2D eigenvalue weighted by molar-refractivity contribution is -0.347. The van der Waals surface area contributed by atoms with Gasteiger partial charge in [-0.15, -0.1) is 0 Å². The molecule has 6 rings (SSSR count). The van der Waals surface area contributed by atoms with Gasteiger partial charge in [0.2, 0.25) is 0 Å². The van der Waals surface area contributed by atoms with Crippen LogP contribution in [0.3, 0.4) is 0 Å². The Balaban J connectivity index is 1.39. The SMILES string of the molecule is CC(C)(O)C1OC(C)(C2CCC3(C)C2C(O)CC2C4(C)CCC(O)C(C)(C)C4C(OC4OC(CO)C(O)C(O)C4O)CC23C)CC1O. The Labute approximate surface area is 279 Å². The standard InChI is InChI=1S/C36H62O11/c1-31(2)23(40)10-11-33(5)22-13-18(38)24-17(36(8)14-19(39)29(47-36)32(3,4)44)9-12-34(24,6)35(22,7)15-20(28(31)33)45-30-27(43)26(42)25(41)21(16-37)46-30/h17-30,37-44H,9-16H2,1-8H3. The zero-order chi connectivity index (χ0) is 34.9. The summed E-state index contributed by atoms with van der Waals surface area (Å²) in [5, 5.41) is 87.4. The summed E-state index contributed by atoms with van der Waals surface area (Å²) < 4.78 is 19.2. The van der Waals surface area contributed by atoms with Gasteiger partial charge in [-0.05, 0) is 105 Å². The van der Waals surface area contributed by atoms with Crippen LogP contribution in [0.4, 0.5) is 0 Å². The molecule has 4 saturated carbocycles.